The lowest BCUT2D eigenvalue weighted by molar-refractivity contribution is -0.119. The summed E-state index contributed by atoms with van der Waals surface area (Å²) in [5, 5.41) is 5.42. The number of ether oxygens (including phenoxy) is 2. The molecule has 0 radical (unpaired) electrons. The summed E-state index contributed by atoms with van der Waals surface area (Å²) in [4.78, 5) is 23.9. The van der Waals surface area contributed by atoms with Gasteiger partial charge >= 0.3 is 0 Å². The van der Waals surface area contributed by atoms with Crippen molar-refractivity contribution in [2.45, 2.75) is 0 Å². The van der Waals surface area contributed by atoms with Gasteiger partial charge in [-0.25, -0.2) is 0 Å². The van der Waals surface area contributed by atoms with Crippen LogP contribution in [0.25, 0.3) is 0 Å². The maximum atomic E-state index is 12.0. The minimum absolute atomic E-state index is 0.150. The molecule has 3 rings (SSSR count). The summed E-state index contributed by atoms with van der Waals surface area (Å²) >= 11 is 0. The van der Waals surface area contributed by atoms with E-state index in [-0.39, 0.29) is 25.0 Å². The first kappa shape index (κ1) is 13.9. The molecule has 0 unspecified atom stereocenters. The Morgan fingerprint density at radius 3 is 1.55 bits per heavy atom. The quantitative estimate of drug-likeness (QED) is 0.780. The predicted octanol–water partition coefficient (Wildman–Crippen LogP) is 2.03. The number of amides is 2. The van der Waals surface area contributed by atoms with E-state index in [0.717, 1.165) is 0 Å². The molecule has 22 heavy (non-hydrogen) atoms. The van der Waals surface area contributed by atoms with E-state index in [1.54, 1.807) is 48.5 Å². The van der Waals surface area contributed by atoms with Crippen molar-refractivity contribution >= 4 is 23.2 Å². The van der Waals surface area contributed by atoms with E-state index in [1.807, 2.05) is 0 Å². The van der Waals surface area contributed by atoms with Gasteiger partial charge in [0.2, 0.25) is 0 Å². The first-order valence-corrected chi connectivity index (χ1v) is 6.76. The van der Waals surface area contributed by atoms with Crippen molar-refractivity contribution in [1.29, 1.82) is 0 Å². The molecule has 0 bridgehead atoms. The Bertz CT molecular complexity index is 655. The van der Waals surface area contributed by atoms with E-state index < -0.39 is 0 Å². The largest absolute Gasteiger partial charge is 0.480 e. The van der Waals surface area contributed by atoms with Gasteiger partial charge < -0.3 is 20.1 Å². The normalized spacial score (nSPS) is 14.7. The molecule has 2 aromatic rings. The van der Waals surface area contributed by atoms with E-state index in [2.05, 4.69) is 10.6 Å². The molecule has 2 N–H and O–H groups in total. The Morgan fingerprint density at radius 2 is 1.09 bits per heavy atom. The van der Waals surface area contributed by atoms with E-state index in [1.165, 1.54) is 0 Å². The fourth-order valence-electron chi connectivity index (χ4n) is 2.05. The standard InChI is InChI=1S/C16H14N2O4/c19-15-9-21-13-7-3-4-8-14(13)22-10-16(20)18-12-6-2-1-5-11(12)17-15/h1-8H,9-10H2,(H,17,19)(H,18,20). The first-order valence-electron chi connectivity index (χ1n) is 6.76. The van der Waals surface area contributed by atoms with E-state index in [9.17, 15) is 9.59 Å². The number of nitrogens with one attached hydrogen (secondary N) is 2. The number of para-hydroxylation sites is 4. The fourth-order valence-corrected chi connectivity index (χ4v) is 2.05. The molecule has 0 fully saturated rings. The van der Waals surface area contributed by atoms with Gasteiger partial charge in [-0.3, -0.25) is 9.59 Å². The Morgan fingerprint density at radius 1 is 0.682 bits per heavy atom. The Labute approximate surface area is 127 Å². The summed E-state index contributed by atoms with van der Waals surface area (Å²) in [6.07, 6.45) is 0. The second-order valence-corrected chi connectivity index (χ2v) is 4.67. The summed E-state index contributed by atoms with van der Waals surface area (Å²) in [6, 6.07) is 13.8. The molecule has 112 valence electrons. The van der Waals surface area contributed by atoms with Crippen molar-refractivity contribution in [3.63, 3.8) is 0 Å². The third kappa shape index (κ3) is 3.17. The molecule has 6 heteroatoms. The SMILES string of the molecule is O=C1COc2ccccc2OCC(=O)Nc2ccccc2N1. The number of hydrogen-bond donors (Lipinski definition) is 2. The number of rotatable bonds is 0. The highest BCUT2D eigenvalue weighted by Crippen LogP contribution is 2.27. The van der Waals surface area contributed by atoms with Crippen LogP contribution in [0.5, 0.6) is 11.5 Å². The molecule has 0 aromatic heterocycles. The Hall–Kier alpha value is -3.02. The summed E-state index contributed by atoms with van der Waals surface area (Å²) in [6.45, 7) is -0.300. The van der Waals surface area contributed by atoms with Crippen LogP contribution in [0.15, 0.2) is 48.5 Å². The predicted molar refractivity (Wildman–Crippen MR) is 81.1 cm³/mol. The highest BCUT2D eigenvalue weighted by Gasteiger charge is 2.14. The zero-order chi connectivity index (χ0) is 15.4. The third-order valence-corrected chi connectivity index (χ3v) is 3.04. The van der Waals surface area contributed by atoms with Gasteiger partial charge in [0.05, 0.1) is 11.4 Å². The molecule has 0 atom stereocenters. The fraction of sp³-hybridized carbons (Fsp3) is 0.125. The molecular weight excluding hydrogens is 284 g/mol. The summed E-state index contributed by atoms with van der Waals surface area (Å²) in [5.74, 6) is 0.188. The second-order valence-electron chi connectivity index (χ2n) is 4.67. The monoisotopic (exact) mass is 298 g/mol. The summed E-state index contributed by atoms with van der Waals surface area (Å²) in [7, 11) is 0. The molecule has 0 saturated carbocycles. The molecule has 0 aliphatic carbocycles. The van der Waals surface area contributed by atoms with Crippen LogP contribution in [0, 0.1) is 0 Å². The van der Waals surface area contributed by atoms with Crippen LogP contribution in [0.1, 0.15) is 0 Å². The maximum absolute atomic E-state index is 12.0. The zero-order valence-corrected chi connectivity index (χ0v) is 11.7. The molecule has 1 aliphatic heterocycles. The van der Waals surface area contributed by atoms with Crippen LogP contribution in [-0.4, -0.2) is 25.0 Å². The van der Waals surface area contributed by atoms with Crippen molar-refractivity contribution in [3.05, 3.63) is 48.5 Å². The highest BCUT2D eigenvalue weighted by molar-refractivity contribution is 6.00. The topological polar surface area (TPSA) is 76.7 Å². The average molecular weight is 298 g/mol. The third-order valence-electron chi connectivity index (χ3n) is 3.04. The van der Waals surface area contributed by atoms with Gasteiger partial charge in [-0.2, -0.15) is 0 Å². The molecule has 0 saturated heterocycles. The van der Waals surface area contributed by atoms with Gasteiger partial charge in [0, 0.05) is 0 Å². The first-order chi connectivity index (χ1) is 10.7. The van der Waals surface area contributed by atoms with Gasteiger partial charge in [0.1, 0.15) is 0 Å². The number of anilines is 2. The number of hydrogen-bond acceptors (Lipinski definition) is 4. The highest BCUT2D eigenvalue weighted by atomic mass is 16.5. The molecule has 1 heterocycles. The lowest BCUT2D eigenvalue weighted by atomic mass is 10.2. The minimum atomic E-state index is -0.322. The van der Waals surface area contributed by atoms with E-state index in [4.69, 9.17) is 9.47 Å². The Kier molecular flexibility index (Phi) is 3.91. The minimum Gasteiger partial charge on any atom is -0.480 e. The van der Waals surface area contributed by atoms with Crippen LogP contribution in [0.2, 0.25) is 0 Å². The van der Waals surface area contributed by atoms with E-state index >= 15 is 0 Å². The van der Waals surface area contributed by atoms with Gasteiger partial charge in [-0.1, -0.05) is 24.3 Å². The van der Waals surface area contributed by atoms with Gasteiger partial charge in [0.25, 0.3) is 11.8 Å². The zero-order valence-electron chi connectivity index (χ0n) is 11.7. The van der Waals surface area contributed by atoms with Crippen LogP contribution in [-0.2, 0) is 9.59 Å². The van der Waals surface area contributed by atoms with E-state index in [0.29, 0.717) is 22.9 Å². The molecule has 1 aliphatic rings. The molecule has 2 amide bonds. The van der Waals surface area contributed by atoms with Crippen molar-refractivity contribution in [2.75, 3.05) is 23.8 Å². The van der Waals surface area contributed by atoms with Crippen LogP contribution >= 0.6 is 0 Å². The Balaban J connectivity index is 1.89. The molecular formula is C16H14N2O4. The number of carbonyl (C=O) groups is 2. The van der Waals surface area contributed by atoms with Crippen molar-refractivity contribution in [3.8, 4) is 11.5 Å². The van der Waals surface area contributed by atoms with Gasteiger partial charge in [-0.05, 0) is 24.3 Å². The molecule has 0 spiro atoms. The van der Waals surface area contributed by atoms with Crippen LogP contribution in [0.3, 0.4) is 0 Å². The van der Waals surface area contributed by atoms with Crippen LogP contribution in [0.4, 0.5) is 11.4 Å². The lowest BCUT2D eigenvalue weighted by Gasteiger charge is -2.16. The maximum Gasteiger partial charge on any atom is 0.262 e. The average Bonchev–Trinajstić information content (AvgIpc) is 2.52. The van der Waals surface area contributed by atoms with Crippen molar-refractivity contribution < 1.29 is 19.1 Å². The lowest BCUT2D eigenvalue weighted by Crippen LogP contribution is -2.25. The number of carbonyl (C=O) groups excluding carboxylic acids is 2. The number of fused-ring (bicyclic) bond motifs is 2. The van der Waals surface area contributed by atoms with Crippen molar-refractivity contribution in [2.24, 2.45) is 0 Å². The smallest absolute Gasteiger partial charge is 0.262 e. The summed E-state index contributed by atoms with van der Waals surface area (Å²) < 4.78 is 10.9. The molecule has 6 nitrogen and oxygen atoms in total. The van der Waals surface area contributed by atoms with Crippen molar-refractivity contribution in [1.82, 2.24) is 0 Å². The second kappa shape index (κ2) is 6.17. The van der Waals surface area contributed by atoms with Gasteiger partial charge in [0.15, 0.2) is 24.7 Å². The summed E-state index contributed by atoms with van der Waals surface area (Å²) in [5.41, 5.74) is 1.02. The number of benzene rings is 2. The molecule has 2 aromatic carbocycles. The van der Waals surface area contributed by atoms with Gasteiger partial charge in [-0.15, -0.1) is 0 Å². The van der Waals surface area contributed by atoms with Crippen LogP contribution < -0.4 is 20.1 Å².